The van der Waals surface area contributed by atoms with Crippen molar-refractivity contribution in [3.05, 3.63) is 119 Å². The molecule has 0 amide bonds. The second-order valence-corrected chi connectivity index (χ2v) is 9.98. The van der Waals surface area contributed by atoms with Gasteiger partial charge in [0.2, 0.25) is 0 Å². The standard InChI is InChI=1S/C30H20N2O2S2/c31-20-23(30(33)34)19-27-16-17-29(36-27)22-10-14-26(15-11-22)32(24-5-2-1-3-6-24)25-12-8-21(9-13-25)28-7-4-18-35-28/h1-19H,(H,33,34)/b23-19+. The van der Waals surface area contributed by atoms with Crippen molar-refractivity contribution in [1.29, 1.82) is 5.26 Å². The summed E-state index contributed by atoms with van der Waals surface area (Å²) in [4.78, 5) is 16.3. The molecule has 2 heterocycles. The van der Waals surface area contributed by atoms with Gasteiger partial charge in [-0.25, -0.2) is 4.79 Å². The maximum atomic E-state index is 11.1. The molecular formula is C30H20N2O2S2. The van der Waals surface area contributed by atoms with Crippen LogP contribution in [0.15, 0.2) is 114 Å². The minimum Gasteiger partial charge on any atom is -0.477 e. The molecule has 1 N–H and O–H groups in total. The molecule has 0 radical (unpaired) electrons. The molecule has 36 heavy (non-hydrogen) atoms. The number of hydrogen-bond acceptors (Lipinski definition) is 5. The van der Waals surface area contributed by atoms with Crippen molar-refractivity contribution in [2.24, 2.45) is 0 Å². The van der Waals surface area contributed by atoms with E-state index >= 15 is 0 Å². The fourth-order valence-corrected chi connectivity index (χ4v) is 5.58. The van der Waals surface area contributed by atoms with E-state index in [1.807, 2.05) is 30.3 Å². The summed E-state index contributed by atoms with van der Waals surface area (Å²) in [5, 5.41) is 20.2. The predicted molar refractivity (Wildman–Crippen MR) is 149 cm³/mol. The number of para-hydroxylation sites is 1. The number of nitrogens with zero attached hydrogens (tertiary/aromatic N) is 2. The van der Waals surface area contributed by atoms with E-state index < -0.39 is 5.97 Å². The maximum absolute atomic E-state index is 11.1. The van der Waals surface area contributed by atoms with Crippen LogP contribution in [0.5, 0.6) is 0 Å². The summed E-state index contributed by atoms with van der Waals surface area (Å²) in [6, 6.07) is 36.8. The van der Waals surface area contributed by atoms with Gasteiger partial charge in [0, 0.05) is 31.7 Å². The lowest BCUT2D eigenvalue weighted by molar-refractivity contribution is -0.132. The van der Waals surface area contributed by atoms with E-state index in [9.17, 15) is 4.79 Å². The highest BCUT2D eigenvalue weighted by atomic mass is 32.1. The van der Waals surface area contributed by atoms with Gasteiger partial charge in [0.15, 0.2) is 0 Å². The summed E-state index contributed by atoms with van der Waals surface area (Å²) in [5.41, 5.74) is 5.11. The van der Waals surface area contributed by atoms with Crippen molar-refractivity contribution in [3.8, 4) is 27.0 Å². The summed E-state index contributed by atoms with van der Waals surface area (Å²) in [5.74, 6) is -1.22. The Hall–Kier alpha value is -4.44. The number of carbonyl (C=O) groups is 1. The van der Waals surface area contributed by atoms with Crippen LogP contribution in [-0.4, -0.2) is 11.1 Å². The van der Waals surface area contributed by atoms with Crippen molar-refractivity contribution in [3.63, 3.8) is 0 Å². The van der Waals surface area contributed by atoms with Gasteiger partial charge in [-0.05, 0) is 77.2 Å². The van der Waals surface area contributed by atoms with Crippen LogP contribution in [-0.2, 0) is 4.79 Å². The molecular weight excluding hydrogens is 484 g/mol. The van der Waals surface area contributed by atoms with E-state index in [1.165, 1.54) is 27.9 Å². The molecule has 5 aromatic rings. The van der Waals surface area contributed by atoms with E-state index in [0.29, 0.717) is 0 Å². The van der Waals surface area contributed by atoms with Crippen LogP contribution in [0.25, 0.3) is 27.0 Å². The molecule has 0 aliphatic rings. The third kappa shape index (κ3) is 4.98. The Morgan fingerprint density at radius 3 is 1.92 bits per heavy atom. The zero-order valence-electron chi connectivity index (χ0n) is 19.0. The van der Waals surface area contributed by atoms with Crippen LogP contribution in [0.3, 0.4) is 0 Å². The van der Waals surface area contributed by atoms with Crippen molar-refractivity contribution in [2.75, 3.05) is 4.90 Å². The molecule has 0 aliphatic carbocycles. The third-order valence-electron chi connectivity index (χ3n) is 5.62. The van der Waals surface area contributed by atoms with E-state index in [4.69, 9.17) is 10.4 Å². The first kappa shape index (κ1) is 23.3. The number of aliphatic carboxylic acids is 1. The monoisotopic (exact) mass is 504 g/mol. The lowest BCUT2D eigenvalue weighted by atomic mass is 10.1. The van der Waals surface area contributed by atoms with Crippen LogP contribution in [0, 0.1) is 11.3 Å². The van der Waals surface area contributed by atoms with Crippen LogP contribution < -0.4 is 4.90 Å². The second kappa shape index (κ2) is 10.4. The zero-order chi connectivity index (χ0) is 24.9. The summed E-state index contributed by atoms with van der Waals surface area (Å²) in [6.45, 7) is 0. The average molecular weight is 505 g/mol. The molecule has 0 saturated heterocycles. The van der Waals surface area contributed by atoms with Gasteiger partial charge in [-0.15, -0.1) is 22.7 Å². The fourth-order valence-electron chi connectivity index (χ4n) is 3.89. The van der Waals surface area contributed by atoms with Crippen molar-refractivity contribution in [1.82, 2.24) is 0 Å². The van der Waals surface area contributed by atoms with E-state index in [1.54, 1.807) is 17.4 Å². The molecule has 6 heteroatoms. The van der Waals surface area contributed by atoms with Gasteiger partial charge >= 0.3 is 5.97 Å². The molecule has 174 valence electrons. The SMILES string of the molecule is N#C/C(=C\c1ccc(-c2ccc(N(c3ccccc3)c3ccc(-c4cccs4)cc3)cc2)s1)C(=O)O. The zero-order valence-corrected chi connectivity index (χ0v) is 20.7. The molecule has 0 spiro atoms. The van der Waals surface area contributed by atoms with Crippen molar-refractivity contribution >= 4 is 51.8 Å². The molecule has 0 fully saturated rings. The Morgan fingerprint density at radius 2 is 1.36 bits per heavy atom. The Morgan fingerprint density at radius 1 is 0.750 bits per heavy atom. The number of nitriles is 1. The first-order valence-electron chi connectivity index (χ1n) is 11.2. The smallest absolute Gasteiger partial charge is 0.346 e. The second-order valence-electron chi connectivity index (χ2n) is 7.92. The number of benzene rings is 3. The minimum absolute atomic E-state index is 0.276. The van der Waals surface area contributed by atoms with Gasteiger partial charge in [-0.3, -0.25) is 0 Å². The molecule has 0 bridgehead atoms. The van der Waals surface area contributed by atoms with Gasteiger partial charge in [0.25, 0.3) is 0 Å². The maximum Gasteiger partial charge on any atom is 0.346 e. The molecule has 0 atom stereocenters. The molecule has 3 aromatic carbocycles. The summed E-state index contributed by atoms with van der Waals surface area (Å²) < 4.78 is 0. The highest BCUT2D eigenvalue weighted by molar-refractivity contribution is 7.16. The van der Waals surface area contributed by atoms with Gasteiger partial charge < -0.3 is 10.0 Å². The van der Waals surface area contributed by atoms with E-state index in [2.05, 4.69) is 83.1 Å². The van der Waals surface area contributed by atoms with Gasteiger partial charge in [0.1, 0.15) is 11.6 Å². The number of carboxylic acid groups (broad SMARTS) is 1. The van der Waals surface area contributed by atoms with Crippen molar-refractivity contribution in [2.45, 2.75) is 0 Å². The van der Waals surface area contributed by atoms with E-state index in [-0.39, 0.29) is 5.57 Å². The molecule has 2 aromatic heterocycles. The number of rotatable bonds is 7. The Labute approximate surface area is 217 Å². The fraction of sp³-hybridized carbons (Fsp3) is 0. The Bertz CT molecular complexity index is 1540. The third-order valence-corrected chi connectivity index (χ3v) is 7.62. The molecule has 5 rings (SSSR count). The summed E-state index contributed by atoms with van der Waals surface area (Å²) in [6.07, 6.45) is 1.40. The summed E-state index contributed by atoms with van der Waals surface area (Å²) >= 11 is 3.18. The highest BCUT2D eigenvalue weighted by Crippen LogP contribution is 2.38. The van der Waals surface area contributed by atoms with Gasteiger partial charge in [-0.2, -0.15) is 5.26 Å². The Kier molecular flexibility index (Phi) is 6.76. The van der Waals surface area contributed by atoms with Gasteiger partial charge in [0.05, 0.1) is 0 Å². The average Bonchev–Trinajstić information content (AvgIpc) is 3.62. The Balaban J connectivity index is 1.46. The van der Waals surface area contributed by atoms with Crippen LogP contribution in [0.2, 0.25) is 0 Å². The quantitative estimate of drug-likeness (QED) is 0.178. The number of thiophene rings is 2. The molecule has 0 unspecified atom stereocenters. The summed E-state index contributed by atoms with van der Waals surface area (Å²) in [7, 11) is 0. The molecule has 0 saturated carbocycles. The van der Waals surface area contributed by atoms with Crippen LogP contribution in [0.1, 0.15) is 4.88 Å². The van der Waals surface area contributed by atoms with Gasteiger partial charge in [-0.1, -0.05) is 48.5 Å². The molecule has 0 aliphatic heterocycles. The lowest BCUT2D eigenvalue weighted by Gasteiger charge is -2.25. The molecule has 4 nitrogen and oxygen atoms in total. The van der Waals surface area contributed by atoms with Crippen LogP contribution in [0.4, 0.5) is 17.1 Å². The number of carboxylic acids is 1. The predicted octanol–water partition coefficient (Wildman–Crippen LogP) is 8.60. The topological polar surface area (TPSA) is 64.3 Å². The normalized spacial score (nSPS) is 11.1. The number of anilines is 3. The van der Waals surface area contributed by atoms with Crippen molar-refractivity contribution < 1.29 is 9.90 Å². The van der Waals surface area contributed by atoms with E-state index in [0.717, 1.165) is 32.4 Å². The lowest BCUT2D eigenvalue weighted by Crippen LogP contribution is -2.09. The number of hydrogen-bond donors (Lipinski definition) is 1. The highest BCUT2D eigenvalue weighted by Gasteiger charge is 2.14. The first-order valence-corrected chi connectivity index (χ1v) is 12.9. The first-order chi connectivity index (χ1) is 17.6. The minimum atomic E-state index is -1.22. The largest absolute Gasteiger partial charge is 0.477 e. The van der Waals surface area contributed by atoms with Crippen LogP contribution >= 0.6 is 22.7 Å².